The summed E-state index contributed by atoms with van der Waals surface area (Å²) in [6, 6.07) is 3.64. The van der Waals surface area contributed by atoms with Crippen LogP contribution in [0.5, 0.6) is 0 Å². The molecule has 4 saturated heterocycles. The Morgan fingerprint density at radius 3 is 1.94 bits per heavy atom. The summed E-state index contributed by atoms with van der Waals surface area (Å²) in [5.41, 5.74) is 0. The van der Waals surface area contributed by atoms with Gasteiger partial charge in [0.1, 0.15) is 0 Å². The lowest BCUT2D eigenvalue weighted by Crippen LogP contribution is -2.63. The summed E-state index contributed by atoms with van der Waals surface area (Å²) in [6.45, 7) is 5.27. The van der Waals surface area contributed by atoms with E-state index in [0.29, 0.717) is 0 Å². The van der Waals surface area contributed by atoms with Crippen molar-refractivity contribution in [1.82, 2.24) is 15.1 Å². The SMILES string of the molecule is C1CCN(C2CC3CCC(C2)N3C2CNC2)CC1. The summed E-state index contributed by atoms with van der Waals surface area (Å²) in [5.74, 6) is 0. The maximum atomic E-state index is 3.45. The molecule has 0 saturated carbocycles. The van der Waals surface area contributed by atoms with E-state index in [0.717, 1.165) is 24.2 Å². The molecule has 2 atom stereocenters. The highest BCUT2D eigenvalue weighted by molar-refractivity contribution is 5.03. The van der Waals surface area contributed by atoms with Crippen LogP contribution in [0, 0.1) is 0 Å². The van der Waals surface area contributed by atoms with E-state index in [-0.39, 0.29) is 0 Å². The first-order valence-electron chi connectivity index (χ1n) is 8.14. The molecule has 4 rings (SSSR count). The van der Waals surface area contributed by atoms with E-state index in [9.17, 15) is 0 Å². The lowest BCUT2D eigenvalue weighted by molar-refractivity contribution is 0.00867. The molecule has 0 amide bonds. The fourth-order valence-corrected chi connectivity index (χ4v) is 4.85. The molecule has 4 heterocycles. The first kappa shape index (κ1) is 11.7. The predicted molar refractivity (Wildman–Crippen MR) is 73.8 cm³/mol. The second-order valence-electron chi connectivity index (χ2n) is 6.87. The van der Waals surface area contributed by atoms with Gasteiger partial charge in [-0.3, -0.25) is 4.90 Å². The third-order valence-electron chi connectivity index (χ3n) is 5.85. The number of likely N-dealkylation sites (tertiary alicyclic amines) is 1. The van der Waals surface area contributed by atoms with Crippen molar-refractivity contribution in [2.75, 3.05) is 26.2 Å². The fourth-order valence-electron chi connectivity index (χ4n) is 4.85. The zero-order valence-corrected chi connectivity index (χ0v) is 11.5. The van der Waals surface area contributed by atoms with Crippen LogP contribution in [0.2, 0.25) is 0 Å². The van der Waals surface area contributed by atoms with Crippen molar-refractivity contribution in [3.63, 3.8) is 0 Å². The van der Waals surface area contributed by atoms with Gasteiger partial charge in [0.2, 0.25) is 0 Å². The smallest absolute Gasteiger partial charge is 0.0351 e. The summed E-state index contributed by atoms with van der Waals surface area (Å²) < 4.78 is 0. The molecule has 1 N–H and O–H groups in total. The first-order valence-corrected chi connectivity index (χ1v) is 8.14. The van der Waals surface area contributed by atoms with Gasteiger partial charge in [-0.15, -0.1) is 0 Å². The molecule has 18 heavy (non-hydrogen) atoms. The Balaban J connectivity index is 1.42. The maximum Gasteiger partial charge on any atom is 0.0351 e. The molecule has 4 aliphatic rings. The molecule has 102 valence electrons. The molecule has 0 aliphatic carbocycles. The normalized spacial score (nSPS) is 43.0. The predicted octanol–water partition coefficient (Wildman–Crippen LogP) is 1.44. The van der Waals surface area contributed by atoms with Gasteiger partial charge in [0.25, 0.3) is 0 Å². The average molecular weight is 249 g/mol. The van der Waals surface area contributed by atoms with E-state index in [2.05, 4.69) is 15.1 Å². The zero-order chi connectivity index (χ0) is 11.9. The van der Waals surface area contributed by atoms with Crippen molar-refractivity contribution in [2.24, 2.45) is 0 Å². The van der Waals surface area contributed by atoms with Gasteiger partial charge < -0.3 is 10.2 Å². The van der Waals surface area contributed by atoms with Gasteiger partial charge in [-0.25, -0.2) is 0 Å². The quantitative estimate of drug-likeness (QED) is 0.799. The van der Waals surface area contributed by atoms with Crippen molar-refractivity contribution < 1.29 is 0 Å². The van der Waals surface area contributed by atoms with Crippen LogP contribution in [0.25, 0.3) is 0 Å². The number of hydrogen-bond acceptors (Lipinski definition) is 3. The Bertz CT molecular complexity index is 282. The molecular formula is C15H27N3. The minimum absolute atomic E-state index is 0.879. The summed E-state index contributed by atoms with van der Waals surface area (Å²) in [4.78, 5) is 5.72. The van der Waals surface area contributed by atoms with E-state index in [1.807, 2.05) is 0 Å². The van der Waals surface area contributed by atoms with Crippen molar-refractivity contribution in [1.29, 1.82) is 0 Å². The van der Waals surface area contributed by atoms with Gasteiger partial charge in [-0.2, -0.15) is 0 Å². The number of nitrogens with one attached hydrogen (secondary N) is 1. The third kappa shape index (κ3) is 1.91. The highest BCUT2D eigenvalue weighted by atomic mass is 15.3. The van der Waals surface area contributed by atoms with Crippen LogP contribution in [0.4, 0.5) is 0 Å². The van der Waals surface area contributed by atoms with Crippen LogP contribution >= 0.6 is 0 Å². The minimum Gasteiger partial charge on any atom is -0.314 e. The average Bonchev–Trinajstić information content (AvgIpc) is 2.61. The van der Waals surface area contributed by atoms with Gasteiger partial charge in [0.15, 0.2) is 0 Å². The van der Waals surface area contributed by atoms with E-state index < -0.39 is 0 Å². The molecule has 0 spiro atoms. The number of piperidine rings is 2. The van der Waals surface area contributed by atoms with Gasteiger partial charge in [0.05, 0.1) is 0 Å². The summed E-state index contributed by atoms with van der Waals surface area (Å²) in [6.07, 6.45) is 10.2. The molecule has 0 aromatic carbocycles. The maximum absolute atomic E-state index is 3.45. The summed E-state index contributed by atoms with van der Waals surface area (Å²) >= 11 is 0. The van der Waals surface area contributed by atoms with Gasteiger partial charge >= 0.3 is 0 Å². The van der Waals surface area contributed by atoms with E-state index >= 15 is 0 Å². The molecule has 3 nitrogen and oxygen atoms in total. The van der Waals surface area contributed by atoms with Crippen LogP contribution in [0.15, 0.2) is 0 Å². The number of hydrogen-bond donors (Lipinski definition) is 1. The molecule has 0 radical (unpaired) electrons. The largest absolute Gasteiger partial charge is 0.314 e. The van der Waals surface area contributed by atoms with E-state index in [4.69, 9.17) is 0 Å². The molecule has 2 bridgehead atoms. The lowest BCUT2D eigenvalue weighted by atomic mass is 9.91. The van der Waals surface area contributed by atoms with Gasteiger partial charge in [0, 0.05) is 37.3 Å². The number of nitrogens with zero attached hydrogens (tertiary/aromatic N) is 2. The Hall–Kier alpha value is -0.120. The highest BCUT2D eigenvalue weighted by Crippen LogP contribution is 2.40. The van der Waals surface area contributed by atoms with Crippen LogP contribution in [0.3, 0.4) is 0 Å². The second kappa shape index (κ2) is 4.77. The summed E-state index contributed by atoms with van der Waals surface area (Å²) in [5, 5.41) is 3.45. The van der Waals surface area contributed by atoms with Crippen molar-refractivity contribution in [3.05, 3.63) is 0 Å². The summed E-state index contributed by atoms with van der Waals surface area (Å²) in [7, 11) is 0. The first-order chi connectivity index (χ1) is 8.92. The van der Waals surface area contributed by atoms with Crippen LogP contribution < -0.4 is 5.32 Å². The van der Waals surface area contributed by atoms with Crippen LogP contribution in [0.1, 0.15) is 44.9 Å². The minimum atomic E-state index is 0.879. The highest BCUT2D eigenvalue weighted by Gasteiger charge is 2.46. The lowest BCUT2D eigenvalue weighted by Gasteiger charge is -2.49. The van der Waals surface area contributed by atoms with Gasteiger partial charge in [-0.1, -0.05) is 6.42 Å². The van der Waals surface area contributed by atoms with Crippen molar-refractivity contribution in [2.45, 2.75) is 69.1 Å². The number of fused-ring (bicyclic) bond motifs is 2. The molecular weight excluding hydrogens is 222 g/mol. The zero-order valence-electron chi connectivity index (χ0n) is 11.5. The Labute approximate surface area is 111 Å². The standard InChI is InChI=1S/C15H27N3/c1-2-6-17(7-3-1)14-8-12-4-5-13(9-14)18(12)15-10-16-11-15/h12-16H,1-11H2. The molecule has 0 aromatic heterocycles. The third-order valence-corrected chi connectivity index (χ3v) is 5.85. The molecule has 3 heteroatoms. The van der Waals surface area contributed by atoms with Gasteiger partial charge in [-0.05, 0) is 51.6 Å². The Morgan fingerprint density at radius 1 is 0.722 bits per heavy atom. The van der Waals surface area contributed by atoms with Crippen molar-refractivity contribution >= 4 is 0 Å². The van der Waals surface area contributed by atoms with Crippen molar-refractivity contribution in [3.8, 4) is 0 Å². The van der Waals surface area contributed by atoms with Crippen LogP contribution in [-0.4, -0.2) is 60.1 Å². The molecule has 2 unspecified atom stereocenters. The van der Waals surface area contributed by atoms with E-state index in [1.165, 1.54) is 71.1 Å². The molecule has 4 aliphatic heterocycles. The van der Waals surface area contributed by atoms with E-state index in [1.54, 1.807) is 0 Å². The molecule has 4 fully saturated rings. The topological polar surface area (TPSA) is 18.5 Å². The van der Waals surface area contributed by atoms with Crippen LogP contribution in [-0.2, 0) is 0 Å². The number of rotatable bonds is 2. The second-order valence-corrected chi connectivity index (χ2v) is 6.87. The monoisotopic (exact) mass is 249 g/mol. The Morgan fingerprint density at radius 2 is 1.39 bits per heavy atom. The molecule has 0 aromatic rings. The Kier molecular flexibility index (Phi) is 3.10. The fraction of sp³-hybridized carbons (Fsp3) is 1.00.